The highest BCUT2D eigenvalue weighted by molar-refractivity contribution is 5.97. The molecule has 1 rings (SSSR count). The highest BCUT2D eigenvalue weighted by atomic mass is 19.4. The Hall–Kier alpha value is -2.25. The summed E-state index contributed by atoms with van der Waals surface area (Å²) in [6, 6.07) is 5.43. The Morgan fingerprint density at radius 2 is 1.77 bits per heavy atom. The van der Waals surface area contributed by atoms with Gasteiger partial charge in [0.05, 0.1) is 13.5 Å². The number of halogens is 3. The molecule has 1 aromatic rings. The number of amides is 2. The number of nitrogens with zero attached hydrogens (tertiary/aromatic N) is 1. The Balaban J connectivity index is 2.85. The number of rotatable bonds is 8. The molecule has 0 bridgehead atoms. The number of hydrogen-bond acceptors (Lipinski definition) is 3. The number of carbonyl (C=O) groups excluding carboxylic acids is 2. The first kappa shape index (κ1) is 21.8. The SMILES string of the molecule is CCN(CCC(F)(F)F)C(=O)C(NC(=O)c1ccc(OC)cc1)C(C)C. The molecule has 1 N–H and O–H groups in total. The van der Waals surface area contributed by atoms with Gasteiger partial charge in [-0.15, -0.1) is 0 Å². The quantitative estimate of drug-likeness (QED) is 0.760. The van der Waals surface area contributed by atoms with Gasteiger partial charge in [-0.2, -0.15) is 13.2 Å². The van der Waals surface area contributed by atoms with Gasteiger partial charge in [0.2, 0.25) is 5.91 Å². The van der Waals surface area contributed by atoms with Gasteiger partial charge in [-0.1, -0.05) is 13.8 Å². The van der Waals surface area contributed by atoms with E-state index in [9.17, 15) is 22.8 Å². The second kappa shape index (κ2) is 9.45. The van der Waals surface area contributed by atoms with Crippen LogP contribution in [0.25, 0.3) is 0 Å². The second-order valence-electron chi connectivity index (χ2n) is 6.21. The fraction of sp³-hybridized carbons (Fsp3) is 0.556. The van der Waals surface area contributed by atoms with Crippen molar-refractivity contribution in [2.45, 2.75) is 39.4 Å². The molecule has 2 amide bonds. The van der Waals surface area contributed by atoms with Crippen molar-refractivity contribution >= 4 is 11.8 Å². The van der Waals surface area contributed by atoms with Crippen molar-refractivity contribution < 1.29 is 27.5 Å². The minimum absolute atomic E-state index is 0.135. The van der Waals surface area contributed by atoms with E-state index in [4.69, 9.17) is 4.74 Å². The standard InChI is InChI=1S/C18H25F3N2O3/c1-5-23(11-10-18(19,20)21)17(25)15(12(2)3)22-16(24)13-6-8-14(26-4)9-7-13/h6-9,12,15H,5,10-11H2,1-4H3,(H,22,24). The highest BCUT2D eigenvalue weighted by Gasteiger charge is 2.32. The Kier molecular flexibility index (Phi) is 7.92. The van der Waals surface area contributed by atoms with Crippen LogP contribution in [0.4, 0.5) is 13.2 Å². The third-order valence-electron chi connectivity index (χ3n) is 3.93. The first-order valence-electron chi connectivity index (χ1n) is 8.39. The van der Waals surface area contributed by atoms with Crippen molar-refractivity contribution in [3.05, 3.63) is 29.8 Å². The Morgan fingerprint density at radius 1 is 1.19 bits per heavy atom. The van der Waals surface area contributed by atoms with Crippen LogP contribution in [0, 0.1) is 5.92 Å². The third kappa shape index (κ3) is 6.57. The van der Waals surface area contributed by atoms with E-state index in [0.29, 0.717) is 11.3 Å². The van der Waals surface area contributed by atoms with Gasteiger partial charge in [-0.05, 0) is 37.1 Å². The van der Waals surface area contributed by atoms with E-state index in [1.165, 1.54) is 7.11 Å². The zero-order chi connectivity index (χ0) is 19.9. The Labute approximate surface area is 151 Å². The van der Waals surface area contributed by atoms with Gasteiger partial charge in [-0.25, -0.2) is 0 Å². The first-order chi connectivity index (χ1) is 12.1. The van der Waals surface area contributed by atoms with Crippen LogP contribution < -0.4 is 10.1 Å². The maximum absolute atomic E-state index is 12.6. The van der Waals surface area contributed by atoms with Crippen molar-refractivity contribution in [1.82, 2.24) is 10.2 Å². The Bertz CT molecular complexity index is 601. The molecule has 0 aliphatic heterocycles. The van der Waals surface area contributed by atoms with E-state index in [2.05, 4.69) is 5.32 Å². The van der Waals surface area contributed by atoms with Gasteiger partial charge in [0, 0.05) is 18.7 Å². The van der Waals surface area contributed by atoms with Gasteiger partial charge in [0.15, 0.2) is 0 Å². The number of nitrogens with one attached hydrogen (secondary N) is 1. The molecule has 26 heavy (non-hydrogen) atoms. The summed E-state index contributed by atoms with van der Waals surface area (Å²) in [5.74, 6) is -0.674. The van der Waals surface area contributed by atoms with Crippen LogP contribution in [-0.4, -0.2) is 49.1 Å². The molecule has 1 atom stereocenters. The largest absolute Gasteiger partial charge is 0.497 e. The number of hydrogen-bond donors (Lipinski definition) is 1. The van der Waals surface area contributed by atoms with Gasteiger partial charge in [-0.3, -0.25) is 9.59 Å². The topological polar surface area (TPSA) is 58.6 Å². The molecule has 1 aromatic carbocycles. The summed E-state index contributed by atoms with van der Waals surface area (Å²) in [5.41, 5.74) is 0.336. The molecule has 146 valence electrons. The molecule has 0 spiro atoms. The molecule has 0 heterocycles. The molecule has 0 aromatic heterocycles. The molecular weight excluding hydrogens is 349 g/mol. The predicted octanol–water partition coefficient (Wildman–Crippen LogP) is 3.25. The molecule has 0 radical (unpaired) electrons. The maximum Gasteiger partial charge on any atom is 0.390 e. The zero-order valence-electron chi connectivity index (χ0n) is 15.4. The van der Waals surface area contributed by atoms with Crippen molar-refractivity contribution in [3.63, 3.8) is 0 Å². The minimum Gasteiger partial charge on any atom is -0.497 e. The number of likely N-dealkylation sites (N-methyl/N-ethyl adjacent to an activating group) is 1. The molecular formula is C18H25F3N2O3. The lowest BCUT2D eigenvalue weighted by atomic mass is 10.0. The molecule has 0 fully saturated rings. The van der Waals surface area contributed by atoms with Crippen molar-refractivity contribution in [2.24, 2.45) is 5.92 Å². The van der Waals surface area contributed by atoms with E-state index in [1.807, 2.05) is 0 Å². The van der Waals surface area contributed by atoms with Crippen LogP contribution >= 0.6 is 0 Å². The van der Waals surface area contributed by atoms with Crippen LogP contribution in [0.3, 0.4) is 0 Å². The van der Waals surface area contributed by atoms with Gasteiger partial charge < -0.3 is 15.0 Å². The molecule has 0 aliphatic rings. The summed E-state index contributed by atoms with van der Waals surface area (Å²) in [7, 11) is 1.50. The van der Waals surface area contributed by atoms with Crippen LogP contribution in [0.2, 0.25) is 0 Å². The number of benzene rings is 1. The summed E-state index contributed by atoms with van der Waals surface area (Å²) >= 11 is 0. The van der Waals surface area contributed by atoms with Crippen molar-refractivity contribution in [2.75, 3.05) is 20.2 Å². The number of alkyl halides is 3. The van der Waals surface area contributed by atoms with Gasteiger partial charge in [0.1, 0.15) is 11.8 Å². The minimum atomic E-state index is -4.34. The van der Waals surface area contributed by atoms with Gasteiger partial charge in [0.25, 0.3) is 5.91 Å². The monoisotopic (exact) mass is 374 g/mol. The summed E-state index contributed by atoms with van der Waals surface area (Å²) in [4.78, 5) is 26.1. The lowest BCUT2D eigenvalue weighted by Gasteiger charge is -2.29. The molecule has 1 unspecified atom stereocenters. The van der Waals surface area contributed by atoms with Crippen molar-refractivity contribution in [3.8, 4) is 5.75 Å². The molecule has 0 saturated carbocycles. The second-order valence-corrected chi connectivity index (χ2v) is 6.21. The first-order valence-corrected chi connectivity index (χ1v) is 8.39. The molecule has 8 heteroatoms. The zero-order valence-corrected chi connectivity index (χ0v) is 15.4. The lowest BCUT2D eigenvalue weighted by molar-refractivity contribution is -0.146. The van der Waals surface area contributed by atoms with E-state index < -0.39 is 37.0 Å². The molecule has 5 nitrogen and oxygen atoms in total. The molecule has 0 aliphatic carbocycles. The number of methoxy groups -OCH3 is 1. The van der Waals surface area contributed by atoms with E-state index >= 15 is 0 Å². The number of carbonyl (C=O) groups is 2. The normalized spacial score (nSPS) is 12.6. The Morgan fingerprint density at radius 3 is 2.19 bits per heavy atom. The third-order valence-corrected chi connectivity index (χ3v) is 3.93. The van der Waals surface area contributed by atoms with Crippen LogP contribution in [0.15, 0.2) is 24.3 Å². The summed E-state index contributed by atoms with van der Waals surface area (Å²) in [6.07, 6.45) is -5.42. The summed E-state index contributed by atoms with van der Waals surface area (Å²) in [5, 5.41) is 2.63. The van der Waals surface area contributed by atoms with Crippen LogP contribution in [0.1, 0.15) is 37.6 Å². The average molecular weight is 374 g/mol. The maximum atomic E-state index is 12.6. The van der Waals surface area contributed by atoms with E-state index in [0.717, 1.165) is 4.90 Å². The fourth-order valence-corrected chi connectivity index (χ4v) is 2.36. The number of ether oxygens (including phenoxy) is 1. The summed E-state index contributed by atoms with van der Waals surface area (Å²) < 4.78 is 42.4. The van der Waals surface area contributed by atoms with E-state index in [1.54, 1.807) is 45.0 Å². The van der Waals surface area contributed by atoms with Crippen LogP contribution in [-0.2, 0) is 4.79 Å². The molecule has 0 saturated heterocycles. The fourth-order valence-electron chi connectivity index (χ4n) is 2.36. The van der Waals surface area contributed by atoms with Crippen LogP contribution in [0.5, 0.6) is 5.75 Å². The van der Waals surface area contributed by atoms with Crippen molar-refractivity contribution in [1.29, 1.82) is 0 Å². The van der Waals surface area contributed by atoms with Gasteiger partial charge >= 0.3 is 6.18 Å². The smallest absolute Gasteiger partial charge is 0.390 e. The average Bonchev–Trinajstić information content (AvgIpc) is 2.58. The predicted molar refractivity (Wildman–Crippen MR) is 92.0 cm³/mol. The lowest BCUT2D eigenvalue weighted by Crippen LogP contribution is -2.51. The van der Waals surface area contributed by atoms with E-state index in [-0.39, 0.29) is 12.5 Å². The summed E-state index contributed by atoms with van der Waals surface area (Å²) in [6.45, 7) is 4.77. The highest BCUT2D eigenvalue weighted by Crippen LogP contribution is 2.20.